The SMILES string of the molecule is C/C(=C\C(=O)O)c1c[nH]c2cc(F)ccc12. The molecule has 0 aliphatic heterocycles. The van der Waals surface area contributed by atoms with Crippen LogP contribution in [0.2, 0.25) is 0 Å². The Bertz CT molecular complexity index is 584. The molecule has 0 fully saturated rings. The number of rotatable bonds is 2. The van der Waals surface area contributed by atoms with Gasteiger partial charge in [-0.25, -0.2) is 9.18 Å². The predicted molar refractivity (Wildman–Crippen MR) is 59.5 cm³/mol. The molecule has 0 saturated heterocycles. The molecule has 16 heavy (non-hydrogen) atoms. The fourth-order valence-electron chi connectivity index (χ4n) is 1.69. The van der Waals surface area contributed by atoms with Crippen LogP contribution in [-0.4, -0.2) is 16.1 Å². The summed E-state index contributed by atoms with van der Waals surface area (Å²) in [7, 11) is 0. The highest BCUT2D eigenvalue weighted by atomic mass is 19.1. The molecule has 0 unspecified atom stereocenters. The molecular weight excluding hydrogens is 209 g/mol. The number of nitrogens with one attached hydrogen (secondary N) is 1. The summed E-state index contributed by atoms with van der Waals surface area (Å²) in [5.41, 5.74) is 2.07. The van der Waals surface area contributed by atoms with Gasteiger partial charge in [-0.15, -0.1) is 0 Å². The summed E-state index contributed by atoms with van der Waals surface area (Å²) in [6.45, 7) is 1.71. The minimum absolute atomic E-state index is 0.319. The van der Waals surface area contributed by atoms with Gasteiger partial charge >= 0.3 is 5.97 Å². The number of fused-ring (bicyclic) bond motifs is 1. The quantitative estimate of drug-likeness (QED) is 0.763. The molecule has 0 atom stereocenters. The lowest BCUT2D eigenvalue weighted by Gasteiger charge is -1.97. The summed E-state index contributed by atoms with van der Waals surface area (Å²) in [6, 6.07) is 4.37. The monoisotopic (exact) mass is 219 g/mol. The summed E-state index contributed by atoms with van der Waals surface area (Å²) in [5.74, 6) is -1.31. The molecule has 0 spiro atoms. The lowest BCUT2D eigenvalue weighted by atomic mass is 10.1. The van der Waals surface area contributed by atoms with Gasteiger partial charge in [0, 0.05) is 28.7 Å². The first-order valence-corrected chi connectivity index (χ1v) is 4.76. The zero-order chi connectivity index (χ0) is 11.7. The molecule has 0 aliphatic rings. The van der Waals surface area contributed by atoms with Gasteiger partial charge in [0.25, 0.3) is 0 Å². The molecule has 0 amide bonds. The van der Waals surface area contributed by atoms with Gasteiger partial charge in [-0.2, -0.15) is 0 Å². The maximum Gasteiger partial charge on any atom is 0.328 e. The average Bonchev–Trinajstić information content (AvgIpc) is 2.59. The number of H-pyrrole nitrogens is 1. The van der Waals surface area contributed by atoms with Crippen LogP contribution in [0.25, 0.3) is 16.5 Å². The Hall–Kier alpha value is -2.10. The molecular formula is C12H10FNO2. The summed E-state index contributed by atoms with van der Waals surface area (Å²) >= 11 is 0. The minimum atomic E-state index is -0.992. The van der Waals surface area contributed by atoms with E-state index in [4.69, 9.17) is 5.11 Å². The molecule has 2 rings (SSSR count). The molecule has 2 aromatic rings. The third-order valence-corrected chi connectivity index (χ3v) is 2.41. The molecule has 1 aromatic carbocycles. The second kappa shape index (κ2) is 3.81. The van der Waals surface area contributed by atoms with Gasteiger partial charge in [0.1, 0.15) is 5.82 Å². The van der Waals surface area contributed by atoms with E-state index in [9.17, 15) is 9.18 Å². The van der Waals surface area contributed by atoms with Gasteiger partial charge in [-0.1, -0.05) is 0 Å². The van der Waals surface area contributed by atoms with Crippen molar-refractivity contribution >= 4 is 22.4 Å². The van der Waals surface area contributed by atoms with Crippen molar-refractivity contribution in [3.05, 3.63) is 41.9 Å². The highest BCUT2D eigenvalue weighted by Crippen LogP contribution is 2.25. The first-order chi connectivity index (χ1) is 7.58. The Kier molecular flexibility index (Phi) is 2.48. The number of carboxylic acid groups (broad SMARTS) is 1. The zero-order valence-corrected chi connectivity index (χ0v) is 8.62. The number of carbonyl (C=O) groups is 1. The zero-order valence-electron chi connectivity index (χ0n) is 8.62. The Morgan fingerprint density at radius 2 is 2.25 bits per heavy atom. The smallest absolute Gasteiger partial charge is 0.328 e. The van der Waals surface area contributed by atoms with Crippen LogP contribution in [0.3, 0.4) is 0 Å². The summed E-state index contributed by atoms with van der Waals surface area (Å²) in [4.78, 5) is 13.5. The Balaban J connectivity index is 2.58. The number of hydrogen-bond acceptors (Lipinski definition) is 1. The van der Waals surface area contributed by atoms with E-state index in [1.165, 1.54) is 12.1 Å². The number of hydrogen-bond donors (Lipinski definition) is 2. The van der Waals surface area contributed by atoms with Crippen molar-refractivity contribution < 1.29 is 14.3 Å². The van der Waals surface area contributed by atoms with Crippen LogP contribution < -0.4 is 0 Å². The summed E-state index contributed by atoms with van der Waals surface area (Å²) < 4.78 is 12.9. The number of halogens is 1. The van der Waals surface area contributed by atoms with Crippen molar-refractivity contribution in [2.75, 3.05) is 0 Å². The number of aromatic nitrogens is 1. The summed E-state index contributed by atoms with van der Waals surface area (Å²) in [5, 5.41) is 9.47. The lowest BCUT2D eigenvalue weighted by molar-refractivity contribution is -0.131. The first kappa shape index (κ1) is 10.4. The number of aromatic amines is 1. The molecule has 0 radical (unpaired) electrons. The van der Waals surface area contributed by atoms with Crippen LogP contribution >= 0.6 is 0 Å². The fourth-order valence-corrected chi connectivity index (χ4v) is 1.69. The van der Waals surface area contributed by atoms with Crippen molar-refractivity contribution in [3.8, 4) is 0 Å². The third-order valence-electron chi connectivity index (χ3n) is 2.41. The van der Waals surface area contributed by atoms with E-state index >= 15 is 0 Å². The Morgan fingerprint density at radius 3 is 2.94 bits per heavy atom. The van der Waals surface area contributed by atoms with E-state index in [1.54, 1.807) is 19.2 Å². The highest BCUT2D eigenvalue weighted by Gasteiger charge is 2.06. The molecule has 3 nitrogen and oxygen atoms in total. The molecule has 1 aromatic heterocycles. The summed E-state index contributed by atoms with van der Waals surface area (Å²) in [6.07, 6.45) is 2.81. The highest BCUT2D eigenvalue weighted by molar-refractivity contribution is 5.97. The van der Waals surface area contributed by atoms with E-state index in [1.807, 2.05) is 0 Å². The molecule has 82 valence electrons. The minimum Gasteiger partial charge on any atom is -0.478 e. The van der Waals surface area contributed by atoms with Crippen LogP contribution in [-0.2, 0) is 4.79 Å². The van der Waals surface area contributed by atoms with Crippen molar-refractivity contribution in [2.24, 2.45) is 0 Å². The molecule has 4 heteroatoms. The van der Waals surface area contributed by atoms with E-state index in [2.05, 4.69) is 4.98 Å². The normalized spacial score (nSPS) is 12.0. The van der Waals surface area contributed by atoms with Gasteiger partial charge in [0.05, 0.1) is 0 Å². The molecule has 0 aliphatic carbocycles. The first-order valence-electron chi connectivity index (χ1n) is 4.76. The molecule has 0 bridgehead atoms. The standard InChI is InChI=1S/C12H10FNO2/c1-7(4-12(15)16)10-6-14-11-5-8(13)2-3-9(10)11/h2-6,14H,1H3,(H,15,16)/b7-4+. The molecule has 2 N–H and O–H groups in total. The second-order valence-electron chi connectivity index (χ2n) is 3.56. The average molecular weight is 219 g/mol. The number of aliphatic carboxylic acids is 1. The lowest BCUT2D eigenvalue weighted by Crippen LogP contribution is -1.89. The van der Waals surface area contributed by atoms with Crippen LogP contribution in [0.5, 0.6) is 0 Å². The second-order valence-corrected chi connectivity index (χ2v) is 3.56. The maximum absolute atomic E-state index is 12.9. The van der Waals surface area contributed by atoms with Crippen molar-refractivity contribution in [2.45, 2.75) is 6.92 Å². The maximum atomic E-state index is 12.9. The molecule has 1 heterocycles. The predicted octanol–water partition coefficient (Wildman–Crippen LogP) is 2.79. The van der Waals surface area contributed by atoms with Crippen LogP contribution in [0.15, 0.2) is 30.5 Å². The van der Waals surface area contributed by atoms with E-state index in [0.29, 0.717) is 11.1 Å². The Labute approximate surface area is 91.2 Å². The van der Waals surface area contributed by atoms with E-state index in [0.717, 1.165) is 17.0 Å². The number of carboxylic acids is 1. The largest absolute Gasteiger partial charge is 0.478 e. The van der Waals surface area contributed by atoms with Crippen LogP contribution in [0.1, 0.15) is 12.5 Å². The van der Waals surface area contributed by atoms with Crippen molar-refractivity contribution in [1.82, 2.24) is 4.98 Å². The van der Waals surface area contributed by atoms with Crippen LogP contribution in [0, 0.1) is 5.82 Å². The fraction of sp³-hybridized carbons (Fsp3) is 0.0833. The van der Waals surface area contributed by atoms with Gasteiger partial charge in [-0.3, -0.25) is 0 Å². The topological polar surface area (TPSA) is 53.1 Å². The van der Waals surface area contributed by atoms with Crippen molar-refractivity contribution in [3.63, 3.8) is 0 Å². The van der Waals surface area contributed by atoms with Crippen molar-refractivity contribution in [1.29, 1.82) is 0 Å². The third kappa shape index (κ3) is 1.82. The van der Waals surface area contributed by atoms with Gasteiger partial charge in [-0.05, 0) is 30.7 Å². The molecule has 0 saturated carbocycles. The van der Waals surface area contributed by atoms with E-state index in [-0.39, 0.29) is 5.82 Å². The van der Waals surface area contributed by atoms with Gasteiger partial charge < -0.3 is 10.1 Å². The number of allylic oxidation sites excluding steroid dienone is 1. The van der Waals surface area contributed by atoms with E-state index < -0.39 is 5.97 Å². The number of benzene rings is 1. The van der Waals surface area contributed by atoms with Gasteiger partial charge in [0.15, 0.2) is 0 Å². The van der Waals surface area contributed by atoms with Gasteiger partial charge in [0.2, 0.25) is 0 Å². The van der Waals surface area contributed by atoms with Crippen LogP contribution in [0.4, 0.5) is 4.39 Å². The Morgan fingerprint density at radius 1 is 1.50 bits per heavy atom.